The quantitative estimate of drug-likeness (QED) is 0.855. The second kappa shape index (κ2) is 4.90. The number of methoxy groups -OCH3 is 1. The van der Waals surface area contributed by atoms with Gasteiger partial charge in [-0.1, -0.05) is 18.2 Å². The molecule has 1 fully saturated rings. The van der Waals surface area contributed by atoms with Gasteiger partial charge in [-0.25, -0.2) is 0 Å². The summed E-state index contributed by atoms with van der Waals surface area (Å²) in [6, 6.07) is 7.73. The third kappa shape index (κ3) is 2.29. The Labute approximate surface area is 94.6 Å². The highest BCUT2D eigenvalue weighted by atomic mass is 32.2. The molecule has 1 aromatic rings. The summed E-state index contributed by atoms with van der Waals surface area (Å²) in [6.07, 6.45) is 0.723. The van der Waals surface area contributed by atoms with Crippen LogP contribution in [-0.4, -0.2) is 23.7 Å². The predicted octanol–water partition coefficient (Wildman–Crippen LogP) is 2.48. The Morgan fingerprint density at radius 3 is 2.93 bits per heavy atom. The lowest BCUT2D eigenvalue weighted by Crippen LogP contribution is -2.12. The van der Waals surface area contributed by atoms with Crippen LogP contribution in [-0.2, 0) is 0 Å². The Hall–Kier alpha value is -0.670. The van der Waals surface area contributed by atoms with E-state index in [2.05, 4.69) is 0 Å². The van der Waals surface area contributed by atoms with E-state index in [1.165, 1.54) is 0 Å². The smallest absolute Gasteiger partial charge is 0.124 e. The fourth-order valence-corrected chi connectivity index (χ4v) is 3.25. The first-order chi connectivity index (χ1) is 7.33. The minimum atomic E-state index is -0.379. The number of para-hydroxylation sites is 1. The number of hydrogen-bond acceptors (Lipinski definition) is 3. The lowest BCUT2D eigenvalue weighted by Gasteiger charge is -2.19. The van der Waals surface area contributed by atoms with Crippen molar-refractivity contribution >= 4 is 11.8 Å². The fourth-order valence-electron chi connectivity index (χ4n) is 1.97. The van der Waals surface area contributed by atoms with E-state index in [9.17, 15) is 5.11 Å². The Kier molecular flexibility index (Phi) is 3.54. The van der Waals surface area contributed by atoms with E-state index in [1.807, 2.05) is 36.0 Å². The Bertz CT molecular complexity index is 321. The molecular formula is C12H16O2S. The molecule has 2 rings (SSSR count). The lowest BCUT2D eigenvalue weighted by atomic mass is 9.95. The molecule has 0 aromatic heterocycles. The van der Waals surface area contributed by atoms with E-state index in [0.29, 0.717) is 5.92 Å². The zero-order valence-electron chi connectivity index (χ0n) is 8.85. The molecule has 1 aliphatic rings. The number of ether oxygens (including phenoxy) is 1. The molecule has 1 heterocycles. The SMILES string of the molecule is COc1ccccc1C(O)C1CCSC1. The van der Waals surface area contributed by atoms with Crippen molar-refractivity contribution in [3.63, 3.8) is 0 Å². The summed E-state index contributed by atoms with van der Waals surface area (Å²) in [6.45, 7) is 0. The second-order valence-corrected chi connectivity index (χ2v) is 4.96. The average Bonchev–Trinajstić information content (AvgIpc) is 2.81. The van der Waals surface area contributed by atoms with Gasteiger partial charge in [-0.2, -0.15) is 11.8 Å². The number of aliphatic hydroxyl groups is 1. The highest BCUT2D eigenvalue weighted by Crippen LogP contribution is 2.37. The van der Waals surface area contributed by atoms with Gasteiger partial charge in [0.15, 0.2) is 0 Å². The lowest BCUT2D eigenvalue weighted by molar-refractivity contribution is 0.118. The number of thioether (sulfide) groups is 1. The van der Waals surface area contributed by atoms with Gasteiger partial charge in [0.1, 0.15) is 5.75 Å². The van der Waals surface area contributed by atoms with Crippen molar-refractivity contribution in [3.8, 4) is 5.75 Å². The minimum absolute atomic E-state index is 0.379. The summed E-state index contributed by atoms with van der Waals surface area (Å²) in [5.74, 6) is 3.39. The van der Waals surface area contributed by atoms with Gasteiger partial charge in [-0.05, 0) is 29.9 Å². The van der Waals surface area contributed by atoms with Gasteiger partial charge < -0.3 is 9.84 Å². The van der Waals surface area contributed by atoms with E-state index in [1.54, 1.807) is 7.11 Å². The molecule has 0 aliphatic carbocycles. The summed E-state index contributed by atoms with van der Waals surface area (Å²) in [4.78, 5) is 0. The van der Waals surface area contributed by atoms with Gasteiger partial charge in [-0.3, -0.25) is 0 Å². The molecule has 0 spiro atoms. The maximum absolute atomic E-state index is 10.2. The van der Waals surface area contributed by atoms with Crippen molar-refractivity contribution < 1.29 is 9.84 Å². The van der Waals surface area contributed by atoms with Crippen LogP contribution in [0.5, 0.6) is 5.75 Å². The van der Waals surface area contributed by atoms with Gasteiger partial charge in [-0.15, -0.1) is 0 Å². The number of hydrogen-bond donors (Lipinski definition) is 1. The normalized spacial score (nSPS) is 22.7. The first-order valence-electron chi connectivity index (χ1n) is 5.21. The van der Waals surface area contributed by atoms with Crippen LogP contribution in [0.3, 0.4) is 0 Å². The first-order valence-corrected chi connectivity index (χ1v) is 6.37. The minimum Gasteiger partial charge on any atom is -0.496 e. The molecule has 2 atom stereocenters. The van der Waals surface area contributed by atoms with Crippen molar-refractivity contribution in [2.24, 2.45) is 5.92 Å². The van der Waals surface area contributed by atoms with Crippen LogP contribution >= 0.6 is 11.8 Å². The molecular weight excluding hydrogens is 208 g/mol. The highest BCUT2D eigenvalue weighted by molar-refractivity contribution is 7.99. The van der Waals surface area contributed by atoms with Crippen molar-refractivity contribution in [1.82, 2.24) is 0 Å². The van der Waals surface area contributed by atoms with Crippen molar-refractivity contribution in [1.29, 1.82) is 0 Å². The summed E-state index contributed by atoms with van der Waals surface area (Å²) in [5.41, 5.74) is 0.924. The van der Waals surface area contributed by atoms with Crippen LogP contribution in [0.15, 0.2) is 24.3 Å². The van der Waals surface area contributed by atoms with Gasteiger partial charge in [0.05, 0.1) is 13.2 Å². The zero-order chi connectivity index (χ0) is 10.7. The molecule has 0 bridgehead atoms. The van der Waals surface area contributed by atoms with Crippen LogP contribution < -0.4 is 4.74 Å². The van der Waals surface area contributed by atoms with Crippen LogP contribution in [0, 0.1) is 5.92 Å². The second-order valence-electron chi connectivity index (χ2n) is 3.81. The molecule has 15 heavy (non-hydrogen) atoms. The zero-order valence-corrected chi connectivity index (χ0v) is 9.67. The van der Waals surface area contributed by atoms with E-state index in [4.69, 9.17) is 4.74 Å². The monoisotopic (exact) mass is 224 g/mol. The molecule has 1 aliphatic heterocycles. The predicted molar refractivity (Wildman–Crippen MR) is 63.4 cm³/mol. The van der Waals surface area contributed by atoms with E-state index >= 15 is 0 Å². The maximum Gasteiger partial charge on any atom is 0.124 e. The van der Waals surface area contributed by atoms with E-state index in [-0.39, 0.29) is 6.10 Å². The molecule has 0 radical (unpaired) electrons. The molecule has 2 unspecified atom stereocenters. The van der Waals surface area contributed by atoms with Crippen molar-refractivity contribution in [2.45, 2.75) is 12.5 Å². The van der Waals surface area contributed by atoms with Gasteiger partial charge in [0, 0.05) is 5.56 Å². The van der Waals surface area contributed by atoms with Crippen molar-refractivity contribution in [2.75, 3.05) is 18.6 Å². The van der Waals surface area contributed by atoms with E-state index < -0.39 is 0 Å². The van der Waals surface area contributed by atoms with Crippen LogP contribution in [0.25, 0.3) is 0 Å². The highest BCUT2D eigenvalue weighted by Gasteiger charge is 2.26. The third-order valence-electron chi connectivity index (χ3n) is 2.87. The third-order valence-corrected chi connectivity index (χ3v) is 4.06. The molecule has 3 heteroatoms. The van der Waals surface area contributed by atoms with Gasteiger partial charge in [0.25, 0.3) is 0 Å². The molecule has 0 amide bonds. The molecule has 82 valence electrons. The number of benzene rings is 1. The summed E-state index contributed by atoms with van der Waals surface area (Å²) < 4.78 is 5.26. The standard InChI is InChI=1S/C12H16O2S/c1-14-11-5-3-2-4-10(11)12(13)9-6-7-15-8-9/h2-5,9,12-13H,6-8H2,1H3. The maximum atomic E-state index is 10.2. The molecule has 1 saturated heterocycles. The Balaban J connectivity index is 2.19. The largest absolute Gasteiger partial charge is 0.496 e. The average molecular weight is 224 g/mol. The molecule has 1 aromatic carbocycles. The molecule has 1 N–H and O–H groups in total. The van der Waals surface area contributed by atoms with Gasteiger partial charge >= 0.3 is 0 Å². The Morgan fingerprint density at radius 1 is 1.47 bits per heavy atom. The first kappa shape index (κ1) is 10.8. The van der Waals surface area contributed by atoms with Crippen LogP contribution in [0.4, 0.5) is 0 Å². The number of aliphatic hydroxyl groups excluding tert-OH is 1. The van der Waals surface area contributed by atoms with Crippen LogP contribution in [0.1, 0.15) is 18.1 Å². The summed E-state index contributed by atoms with van der Waals surface area (Å²) >= 11 is 1.92. The summed E-state index contributed by atoms with van der Waals surface area (Å²) in [7, 11) is 1.65. The Morgan fingerprint density at radius 2 is 2.27 bits per heavy atom. The van der Waals surface area contributed by atoms with Crippen molar-refractivity contribution in [3.05, 3.63) is 29.8 Å². The summed E-state index contributed by atoms with van der Waals surface area (Å²) in [5, 5.41) is 10.2. The molecule has 2 nitrogen and oxygen atoms in total. The number of rotatable bonds is 3. The van der Waals surface area contributed by atoms with E-state index in [0.717, 1.165) is 29.2 Å². The topological polar surface area (TPSA) is 29.5 Å². The molecule has 0 saturated carbocycles. The van der Waals surface area contributed by atoms with Gasteiger partial charge in [0.2, 0.25) is 0 Å². The fraction of sp³-hybridized carbons (Fsp3) is 0.500. The van der Waals surface area contributed by atoms with Crippen LogP contribution in [0.2, 0.25) is 0 Å².